The Balaban J connectivity index is 1.53. The zero-order chi connectivity index (χ0) is 16.3. The first-order chi connectivity index (χ1) is 11.0. The number of rotatable bonds is 4. The zero-order valence-corrected chi connectivity index (χ0v) is 14.3. The van der Waals surface area contributed by atoms with Gasteiger partial charge in [0.1, 0.15) is 0 Å². The Morgan fingerprint density at radius 1 is 0.913 bits per heavy atom. The highest BCUT2D eigenvalue weighted by molar-refractivity contribution is 5.14. The van der Waals surface area contributed by atoms with Crippen molar-refractivity contribution in [1.82, 2.24) is 30.0 Å². The molecule has 0 unspecified atom stereocenters. The van der Waals surface area contributed by atoms with E-state index in [1.54, 1.807) is 0 Å². The number of aromatic nitrogens is 4. The molecule has 0 spiro atoms. The summed E-state index contributed by atoms with van der Waals surface area (Å²) in [6.07, 6.45) is 0. The lowest BCUT2D eigenvalue weighted by atomic mass is 10.1. The third kappa shape index (κ3) is 4.14. The fraction of sp³-hybridized carbons (Fsp3) is 0.588. The van der Waals surface area contributed by atoms with Crippen LogP contribution in [0.5, 0.6) is 0 Å². The van der Waals surface area contributed by atoms with Gasteiger partial charge in [-0.3, -0.25) is 9.80 Å². The van der Waals surface area contributed by atoms with Gasteiger partial charge in [0.05, 0.1) is 12.1 Å². The molecule has 6 heteroatoms. The van der Waals surface area contributed by atoms with Crippen LogP contribution in [0.2, 0.25) is 0 Å². The fourth-order valence-electron chi connectivity index (χ4n) is 2.97. The molecule has 1 aromatic heterocycles. The van der Waals surface area contributed by atoms with Gasteiger partial charge in [-0.05, 0) is 36.8 Å². The number of benzene rings is 1. The van der Waals surface area contributed by atoms with E-state index in [9.17, 15) is 0 Å². The standard InChI is InChI=1S/C17H26N6/c1-17(2,3)23-16(18-19-20-23)14-22-11-9-21(10-12-22)13-15-7-5-4-6-8-15/h4-8H,9-14H2,1-3H3. The summed E-state index contributed by atoms with van der Waals surface area (Å²) in [5.74, 6) is 0.953. The predicted molar refractivity (Wildman–Crippen MR) is 89.8 cm³/mol. The molecular formula is C17H26N6. The van der Waals surface area contributed by atoms with Gasteiger partial charge in [-0.15, -0.1) is 5.10 Å². The van der Waals surface area contributed by atoms with Gasteiger partial charge in [-0.1, -0.05) is 30.3 Å². The van der Waals surface area contributed by atoms with Crippen molar-refractivity contribution in [2.75, 3.05) is 26.2 Å². The van der Waals surface area contributed by atoms with E-state index in [0.29, 0.717) is 0 Å². The molecule has 0 saturated carbocycles. The average Bonchev–Trinajstić information content (AvgIpc) is 2.99. The van der Waals surface area contributed by atoms with E-state index in [2.05, 4.69) is 76.4 Å². The number of nitrogens with zero attached hydrogens (tertiary/aromatic N) is 6. The van der Waals surface area contributed by atoms with E-state index >= 15 is 0 Å². The lowest BCUT2D eigenvalue weighted by Crippen LogP contribution is -2.46. The molecule has 0 amide bonds. The molecular weight excluding hydrogens is 288 g/mol. The smallest absolute Gasteiger partial charge is 0.165 e. The summed E-state index contributed by atoms with van der Waals surface area (Å²) in [7, 11) is 0. The third-order valence-electron chi connectivity index (χ3n) is 4.25. The van der Waals surface area contributed by atoms with Crippen LogP contribution in [0, 0.1) is 0 Å². The molecule has 0 N–H and O–H groups in total. The molecule has 1 aliphatic heterocycles. The van der Waals surface area contributed by atoms with Gasteiger partial charge < -0.3 is 0 Å². The molecule has 1 saturated heterocycles. The number of piperazine rings is 1. The molecule has 1 fully saturated rings. The minimum absolute atomic E-state index is 0.0754. The second-order valence-corrected chi connectivity index (χ2v) is 7.22. The van der Waals surface area contributed by atoms with E-state index in [-0.39, 0.29) is 5.54 Å². The number of tetrazole rings is 1. The minimum atomic E-state index is -0.0754. The van der Waals surface area contributed by atoms with E-state index in [1.807, 2.05) is 4.68 Å². The Bertz CT molecular complexity index is 608. The quantitative estimate of drug-likeness (QED) is 0.860. The maximum atomic E-state index is 4.21. The summed E-state index contributed by atoms with van der Waals surface area (Å²) in [6.45, 7) is 12.5. The van der Waals surface area contributed by atoms with Crippen LogP contribution in [0.15, 0.2) is 30.3 Å². The van der Waals surface area contributed by atoms with E-state index in [0.717, 1.165) is 45.1 Å². The molecule has 2 heterocycles. The van der Waals surface area contributed by atoms with Gasteiger partial charge >= 0.3 is 0 Å². The van der Waals surface area contributed by atoms with Crippen molar-refractivity contribution in [2.45, 2.75) is 39.4 Å². The van der Waals surface area contributed by atoms with Gasteiger partial charge in [0.25, 0.3) is 0 Å². The normalized spacial score (nSPS) is 17.5. The Morgan fingerprint density at radius 2 is 1.52 bits per heavy atom. The third-order valence-corrected chi connectivity index (χ3v) is 4.25. The summed E-state index contributed by atoms with van der Waals surface area (Å²) in [6, 6.07) is 10.7. The number of hydrogen-bond acceptors (Lipinski definition) is 5. The maximum Gasteiger partial charge on any atom is 0.165 e. The van der Waals surface area contributed by atoms with Crippen LogP contribution >= 0.6 is 0 Å². The molecule has 124 valence electrons. The van der Waals surface area contributed by atoms with Crippen LogP contribution in [0.25, 0.3) is 0 Å². The van der Waals surface area contributed by atoms with E-state index < -0.39 is 0 Å². The first-order valence-electron chi connectivity index (χ1n) is 8.29. The lowest BCUT2D eigenvalue weighted by Gasteiger charge is -2.34. The zero-order valence-electron chi connectivity index (χ0n) is 14.3. The van der Waals surface area contributed by atoms with Crippen molar-refractivity contribution in [1.29, 1.82) is 0 Å². The topological polar surface area (TPSA) is 50.1 Å². The SMILES string of the molecule is CC(C)(C)n1nnnc1CN1CCN(Cc2ccccc2)CC1. The molecule has 0 atom stereocenters. The first kappa shape index (κ1) is 16.1. The monoisotopic (exact) mass is 314 g/mol. The van der Waals surface area contributed by atoms with Gasteiger partial charge in [-0.25, -0.2) is 4.68 Å². The highest BCUT2D eigenvalue weighted by Crippen LogP contribution is 2.15. The highest BCUT2D eigenvalue weighted by atomic mass is 15.6. The van der Waals surface area contributed by atoms with Crippen molar-refractivity contribution in [3.63, 3.8) is 0 Å². The summed E-state index contributed by atoms with van der Waals surface area (Å²) in [4.78, 5) is 4.95. The maximum absolute atomic E-state index is 4.21. The second-order valence-electron chi connectivity index (χ2n) is 7.22. The van der Waals surface area contributed by atoms with Gasteiger partial charge in [0.2, 0.25) is 0 Å². The van der Waals surface area contributed by atoms with Crippen molar-refractivity contribution in [3.05, 3.63) is 41.7 Å². The molecule has 6 nitrogen and oxygen atoms in total. The van der Waals surface area contributed by atoms with Gasteiger partial charge in [0.15, 0.2) is 5.82 Å². The van der Waals surface area contributed by atoms with Gasteiger partial charge in [0, 0.05) is 32.7 Å². The lowest BCUT2D eigenvalue weighted by molar-refractivity contribution is 0.116. The molecule has 1 aliphatic rings. The molecule has 2 aromatic rings. The van der Waals surface area contributed by atoms with E-state index in [4.69, 9.17) is 0 Å². The molecule has 0 bridgehead atoms. The number of hydrogen-bond donors (Lipinski definition) is 0. The van der Waals surface area contributed by atoms with Crippen molar-refractivity contribution in [2.24, 2.45) is 0 Å². The highest BCUT2D eigenvalue weighted by Gasteiger charge is 2.23. The Labute approximate surface area is 138 Å². The molecule has 0 aliphatic carbocycles. The van der Waals surface area contributed by atoms with Crippen LogP contribution in [-0.4, -0.2) is 56.2 Å². The predicted octanol–water partition coefficient (Wildman–Crippen LogP) is 1.75. The Morgan fingerprint density at radius 3 is 2.13 bits per heavy atom. The van der Waals surface area contributed by atoms with Crippen LogP contribution < -0.4 is 0 Å². The van der Waals surface area contributed by atoms with Crippen molar-refractivity contribution in [3.8, 4) is 0 Å². The van der Waals surface area contributed by atoms with Crippen LogP contribution in [0.3, 0.4) is 0 Å². The summed E-state index contributed by atoms with van der Waals surface area (Å²) in [5, 5.41) is 12.2. The van der Waals surface area contributed by atoms with Gasteiger partial charge in [-0.2, -0.15) is 0 Å². The molecule has 0 radical (unpaired) electrons. The largest absolute Gasteiger partial charge is 0.297 e. The summed E-state index contributed by atoms with van der Waals surface area (Å²) < 4.78 is 1.93. The first-order valence-corrected chi connectivity index (χ1v) is 8.29. The molecule has 1 aromatic carbocycles. The summed E-state index contributed by atoms with van der Waals surface area (Å²) >= 11 is 0. The second kappa shape index (κ2) is 6.76. The fourth-order valence-corrected chi connectivity index (χ4v) is 2.97. The minimum Gasteiger partial charge on any atom is -0.297 e. The Hall–Kier alpha value is -1.79. The molecule has 3 rings (SSSR count). The van der Waals surface area contributed by atoms with E-state index in [1.165, 1.54) is 5.56 Å². The van der Waals surface area contributed by atoms with Crippen molar-refractivity contribution >= 4 is 0 Å². The van der Waals surface area contributed by atoms with Crippen molar-refractivity contribution < 1.29 is 0 Å². The summed E-state index contributed by atoms with van der Waals surface area (Å²) in [5.41, 5.74) is 1.31. The molecule has 23 heavy (non-hydrogen) atoms. The Kier molecular flexibility index (Phi) is 4.73. The van der Waals surface area contributed by atoms with Crippen LogP contribution in [-0.2, 0) is 18.6 Å². The van der Waals surface area contributed by atoms with Crippen LogP contribution in [0.4, 0.5) is 0 Å². The van der Waals surface area contributed by atoms with Crippen LogP contribution in [0.1, 0.15) is 32.2 Å². The average molecular weight is 314 g/mol.